The molecule has 0 bridgehead atoms. The molecule has 1 rings (SSSR count). The molecule has 0 N–H and O–H groups in total. The third-order valence-electron chi connectivity index (χ3n) is 2.59. The lowest BCUT2D eigenvalue weighted by atomic mass is 9.95. The summed E-state index contributed by atoms with van der Waals surface area (Å²) in [7, 11) is 0. The van der Waals surface area contributed by atoms with Gasteiger partial charge in [0.05, 0.1) is 0 Å². The molecule has 15 heavy (non-hydrogen) atoms. The van der Waals surface area contributed by atoms with Crippen molar-refractivity contribution in [1.82, 2.24) is 0 Å². The van der Waals surface area contributed by atoms with E-state index in [-0.39, 0.29) is 12.5 Å². The van der Waals surface area contributed by atoms with E-state index in [1.54, 1.807) is 6.92 Å². The SMILES string of the molecule is CC(C)C(C)(C)OC(=O)OC1(C)COO1. The first-order chi connectivity index (χ1) is 6.75. The van der Waals surface area contributed by atoms with Crippen molar-refractivity contribution in [2.75, 3.05) is 6.61 Å². The zero-order chi connectivity index (χ0) is 11.7. The second kappa shape index (κ2) is 3.98. The second-order valence-electron chi connectivity index (χ2n) is 4.69. The van der Waals surface area contributed by atoms with Gasteiger partial charge in [0.25, 0.3) is 5.79 Å². The molecule has 0 aromatic heterocycles. The van der Waals surface area contributed by atoms with Crippen LogP contribution in [0.2, 0.25) is 0 Å². The van der Waals surface area contributed by atoms with E-state index in [1.165, 1.54) is 0 Å². The maximum absolute atomic E-state index is 11.4. The van der Waals surface area contributed by atoms with E-state index in [9.17, 15) is 4.79 Å². The van der Waals surface area contributed by atoms with Gasteiger partial charge in [-0.3, -0.25) is 0 Å². The molecule has 0 spiro atoms. The molecule has 88 valence electrons. The summed E-state index contributed by atoms with van der Waals surface area (Å²) in [4.78, 5) is 20.5. The van der Waals surface area contributed by atoms with Gasteiger partial charge in [0, 0.05) is 6.92 Å². The molecule has 1 saturated heterocycles. The highest BCUT2D eigenvalue weighted by atomic mass is 17.3. The Morgan fingerprint density at radius 2 is 2.00 bits per heavy atom. The molecule has 5 heteroatoms. The maximum Gasteiger partial charge on any atom is 0.511 e. The monoisotopic (exact) mass is 218 g/mol. The fraction of sp³-hybridized carbons (Fsp3) is 0.900. The molecule has 0 aromatic carbocycles. The van der Waals surface area contributed by atoms with Crippen LogP contribution in [0.25, 0.3) is 0 Å². The molecule has 0 aliphatic carbocycles. The average Bonchev–Trinajstić information content (AvgIpc) is 1.99. The minimum Gasteiger partial charge on any atom is -0.428 e. The molecular weight excluding hydrogens is 200 g/mol. The van der Waals surface area contributed by atoms with Gasteiger partial charge in [0.2, 0.25) is 0 Å². The Labute approximate surface area is 89.6 Å². The lowest BCUT2D eigenvalue weighted by Gasteiger charge is -2.36. The Bertz CT molecular complexity index is 242. The fourth-order valence-electron chi connectivity index (χ4n) is 0.801. The van der Waals surface area contributed by atoms with E-state index in [1.807, 2.05) is 27.7 Å². The minimum absolute atomic E-state index is 0.205. The minimum atomic E-state index is -0.996. The molecule has 1 unspecified atom stereocenters. The topological polar surface area (TPSA) is 54.0 Å². The summed E-state index contributed by atoms with van der Waals surface area (Å²) in [5.74, 6) is -0.791. The van der Waals surface area contributed by atoms with Gasteiger partial charge in [-0.25, -0.2) is 9.68 Å². The van der Waals surface area contributed by atoms with Crippen molar-refractivity contribution in [3.63, 3.8) is 0 Å². The van der Waals surface area contributed by atoms with E-state index in [2.05, 4.69) is 9.78 Å². The lowest BCUT2D eigenvalue weighted by Crippen LogP contribution is -2.49. The third-order valence-corrected chi connectivity index (χ3v) is 2.59. The number of ether oxygens (including phenoxy) is 2. The molecule has 1 fully saturated rings. The highest BCUT2D eigenvalue weighted by molar-refractivity contribution is 5.61. The number of hydrogen-bond donors (Lipinski definition) is 0. The molecule has 5 nitrogen and oxygen atoms in total. The van der Waals surface area contributed by atoms with E-state index in [0.29, 0.717) is 0 Å². The van der Waals surface area contributed by atoms with Crippen LogP contribution in [0.5, 0.6) is 0 Å². The van der Waals surface area contributed by atoms with Crippen LogP contribution in [0.1, 0.15) is 34.6 Å². The third kappa shape index (κ3) is 3.07. The molecule has 0 radical (unpaired) electrons. The second-order valence-corrected chi connectivity index (χ2v) is 4.69. The van der Waals surface area contributed by atoms with E-state index in [0.717, 1.165) is 0 Å². The first kappa shape index (κ1) is 12.3. The first-order valence-electron chi connectivity index (χ1n) is 4.98. The molecule has 0 amide bonds. The van der Waals surface area contributed by atoms with Crippen molar-refractivity contribution in [2.24, 2.45) is 5.92 Å². The number of rotatable bonds is 3. The van der Waals surface area contributed by atoms with Gasteiger partial charge in [-0.1, -0.05) is 13.8 Å². The van der Waals surface area contributed by atoms with Crippen LogP contribution in [0.4, 0.5) is 4.79 Å². The Kier molecular flexibility index (Phi) is 3.25. The van der Waals surface area contributed by atoms with Crippen LogP contribution >= 0.6 is 0 Å². The van der Waals surface area contributed by atoms with Crippen LogP contribution < -0.4 is 0 Å². The summed E-state index contributed by atoms with van der Waals surface area (Å²) in [6.07, 6.45) is -0.737. The van der Waals surface area contributed by atoms with Crippen LogP contribution in [0.15, 0.2) is 0 Å². The van der Waals surface area contributed by atoms with Crippen molar-refractivity contribution in [3.05, 3.63) is 0 Å². The Morgan fingerprint density at radius 1 is 1.47 bits per heavy atom. The smallest absolute Gasteiger partial charge is 0.428 e. The van der Waals surface area contributed by atoms with Gasteiger partial charge < -0.3 is 9.47 Å². The quantitative estimate of drug-likeness (QED) is 0.537. The number of hydrogen-bond acceptors (Lipinski definition) is 5. The van der Waals surface area contributed by atoms with Crippen LogP contribution in [0.3, 0.4) is 0 Å². The van der Waals surface area contributed by atoms with Gasteiger partial charge in [-0.2, -0.15) is 4.89 Å². The van der Waals surface area contributed by atoms with Gasteiger partial charge >= 0.3 is 6.16 Å². The first-order valence-corrected chi connectivity index (χ1v) is 4.98. The molecular formula is C10H18O5. The zero-order valence-electron chi connectivity index (χ0n) is 9.83. The Hall–Kier alpha value is -0.810. The predicted molar refractivity (Wildman–Crippen MR) is 51.9 cm³/mol. The fourth-order valence-corrected chi connectivity index (χ4v) is 0.801. The maximum atomic E-state index is 11.4. The molecule has 1 aliphatic rings. The molecule has 0 aromatic rings. The summed E-state index contributed by atoms with van der Waals surface area (Å²) in [6, 6.07) is 0. The van der Waals surface area contributed by atoms with Gasteiger partial charge in [-0.15, -0.1) is 0 Å². The van der Waals surface area contributed by atoms with Crippen molar-refractivity contribution >= 4 is 6.16 Å². The summed E-state index contributed by atoms with van der Waals surface area (Å²) in [6.45, 7) is 9.44. The van der Waals surface area contributed by atoms with Crippen LogP contribution in [-0.4, -0.2) is 24.2 Å². The van der Waals surface area contributed by atoms with Crippen LogP contribution in [-0.2, 0) is 19.2 Å². The van der Waals surface area contributed by atoms with Crippen molar-refractivity contribution in [3.8, 4) is 0 Å². The summed E-state index contributed by atoms with van der Waals surface area (Å²) >= 11 is 0. The number of carbonyl (C=O) groups is 1. The van der Waals surface area contributed by atoms with Gasteiger partial charge in [-0.05, 0) is 19.8 Å². The predicted octanol–water partition coefficient (Wildman–Crippen LogP) is 2.25. The largest absolute Gasteiger partial charge is 0.511 e. The van der Waals surface area contributed by atoms with Gasteiger partial charge in [0.15, 0.2) is 6.61 Å². The lowest BCUT2D eigenvalue weighted by molar-refractivity contribution is -0.522. The highest BCUT2D eigenvalue weighted by Gasteiger charge is 2.42. The Balaban J connectivity index is 2.42. The van der Waals surface area contributed by atoms with Crippen molar-refractivity contribution < 1.29 is 24.0 Å². The Morgan fingerprint density at radius 3 is 2.33 bits per heavy atom. The summed E-state index contributed by atoms with van der Waals surface area (Å²) in [5.41, 5.74) is -0.557. The summed E-state index contributed by atoms with van der Waals surface area (Å²) < 4.78 is 10.1. The van der Waals surface area contributed by atoms with Crippen LogP contribution in [0, 0.1) is 5.92 Å². The zero-order valence-corrected chi connectivity index (χ0v) is 9.83. The standard InChI is InChI=1S/C10H18O5/c1-7(2)9(3,4)13-8(11)14-10(5)6-12-15-10/h7H,6H2,1-5H3. The number of carbonyl (C=O) groups excluding carboxylic acids is 1. The van der Waals surface area contributed by atoms with E-state index < -0.39 is 17.5 Å². The highest BCUT2D eigenvalue weighted by Crippen LogP contribution is 2.26. The van der Waals surface area contributed by atoms with E-state index >= 15 is 0 Å². The molecule has 1 atom stereocenters. The van der Waals surface area contributed by atoms with Crippen molar-refractivity contribution in [1.29, 1.82) is 0 Å². The average molecular weight is 218 g/mol. The summed E-state index contributed by atoms with van der Waals surface area (Å²) in [5, 5.41) is 0. The van der Waals surface area contributed by atoms with Crippen molar-refractivity contribution in [2.45, 2.75) is 46.0 Å². The molecule has 1 heterocycles. The molecule has 0 saturated carbocycles. The normalized spacial score (nSPS) is 26.0. The van der Waals surface area contributed by atoms with Gasteiger partial charge in [0.1, 0.15) is 5.60 Å². The van der Waals surface area contributed by atoms with E-state index in [4.69, 9.17) is 9.47 Å². The molecule has 1 aliphatic heterocycles.